The number of hydrogen-bond acceptors (Lipinski definition) is 5. The number of thioether (sulfide) groups is 1. The zero-order valence-corrected chi connectivity index (χ0v) is 13.5. The van der Waals surface area contributed by atoms with Gasteiger partial charge in [0.15, 0.2) is 5.17 Å². The van der Waals surface area contributed by atoms with Crippen LogP contribution >= 0.6 is 11.8 Å². The minimum absolute atomic E-state index is 0.0675. The molecule has 0 radical (unpaired) electrons. The standard InChI is InChI=1S/C16H20N4OS/c1-13-11-18-16(22-13)20-9-7-19(8-10-20)15(21)5-4-14-3-2-6-17-12-14/h2-6,12-13H,7-11H2,1H3. The summed E-state index contributed by atoms with van der Waals surface area (Å²) in [6, 6.07) is 3.80. The minimum Gasteiger partial charge on any atom is -0.348 e. The highest BCUT2D eigenvalue weighted by Gasteiger charge is 2.25. The maximum Gasteiger partial charge on any atom is 0.246 e. The smallest absolute Gasteiger partial charge is 0.246 e. The molecule has 0 N–H and O–H groups in total. The van der Waals surface area contributed by atoms with E-state index in [0.29, 0.717) is 5.25 Å². The highest BCUT2D eigenvalue weighted by molar-refractivity contribution is 8.14. The minimum atomic E-state index is 0.0675. The summed E-state index contributed by atoms with van der Waals surface area (Å²) in [7, 11) is 0. The quantitative estimate of drug-likeness (QED) is 0.780. The van der Waals surface area contributed by atoms with Crippen molar-refractivity contribution in [3.8, 4) is 0 Å². The van der Waals surface area contributed by atoms with Crippen molar-refractivity contribution in [2.24, 2.45) is 4.99 Å². The van der Waals surface area contributed by atoms with Crippen molar-refractivity contribution in [1.82, 2.24) is 14.8 Å². The first-order valence-electron chi connectivity index (χ1n) is 7.55. The van der Waals surface area contributed by atoms with Crippen molar-refractivity contribution in [3.63, 3.8) is 0 Å². The SMILES string of the molecule is CC1CN=C(N2CCN(C(=O)C=Cc3cccnc3)CC2)S1. The fourth-order valence-corrected chi connectivity index (χ4v) is 3.49. The molecule has 3 rings (SSSR count). The lowest BCUT2D eigenvalue weighted by Gasteiger charge is -2.35. The molecule has 1 saturated heterocycles. The van der Waals surface area contributed by atoms with Crippen LogP contribution in [0, 0.1) is 0 Å². The van der Waals surface area contributed by atoms with Crippen LogP contribution in [0.4, 0.5) is 0 Å². The molecule has 0 spiro atoms. The van der Waals surface area contributed by atoms with Crippen LogP contribution in [0.25, 0.3) is 6.08 Å². The van der Waals surface area contributed by atoms with E-state index in [9.17, 15) is 4.79 Å². The molecule has 0 aliphatic carbocycles. The van der Waals surface area contributed by atoms with Crippen LogP contribution in [0.3, 0.4) is 0 Å². The Hall–Kier alpha value is -1.82. The van der Waals surface area contributed by atoms with E-state index >= 15 is 0 Å². The molecule has 1 fully saturated rings. The van der Waals surface area contributed by atoms with E-state index in [4.69, 9.17) is 0 Å². The van der Waals surface area contributed by atoms with Crippen LogP contribution in [0.1, 0.15) is 12.5 Å². The third-order valence-electron chi connectivity index (χ3n) is 3.75. The number of carbonyl (C=O) groups excluding carboxylic acids is 1. The van der Waals surface area contributed by atoms with E-state index < -0.39 is 0 Å². The zero-order valence-electron chi connectivity index (χ0n) is 12.7. The number of amidine groups is 1. The van der Waals surface area contributed by atoms with Gasteiger partial charge < -0.3 is 9.80 Å². The van der Waals surface area contributed by atoms with Gasteiger partial charge in [-0.05, 0) is 17.7 Å². The second kappa shape index (κ2) is 6.96. The van der Waals surface area contributed by atoms with Crippen molar-refractivity contribution >= 4 is 28.9 Å². The van der Waals surface area contributed by atoms with E-state index in [1.54, 1.807) is 18.5 Å². The Balaban J connectivity index is 1.51. The van der Waals surface area contributed by atoms with Crippen LogP contribution < -0.4 is 0 Å². The average molecular weight is 316 g/mol. The van der Waals surface area contributed by atoms with Crippen molar-refractivity contribution < 1.29 is 4.79 Å². The van der Waals surface area contributed by atoms with E-state index in [1.807, 2.05) is 34.9 Å². The molecule has 0 aromatic carbocycles. The van der Waals surface area contributed by atoms with Gasteiger partial charge in [-0.1, -0.05) is 24.8 Å². The molecule has 0 bridgehead atoms. The zero-order chi connectivity index (χ0) is 15.4. The van der Waals surface area contributed by atoms with E-state index in [2.05, 4.69) is 21.8 Å². The Labute approximate surface area is 135 Å². The van der Waals surface area contributed by atoms with Gasteiger partial charge in [0.2, 0.25) is 5.91 Å². The summed E-state index contributed by atoms with van der Waals surface area (Å²) in [5, 5.41) is 1.72. The van der Waals surface area contributed by atoms with E-state index in [-0.39, 0.29) is 5.91 Å². The van der Waals surface area contributed by atoms with Crippen molar-refractivity contribution in [2.75, 3.05) is 32.7 Å². The molecular weight excluding hydrogens is 296 g/mol. The van der Waals surface area contributed by atoms with Crippen LogP contribution in [-0.4, -0.2) is 63.8 Å². The Morgan fingerprint density at radius 3 is 2.82 bits per heavy atom. The number of nitrogens with zero attached hydrogens (tertiary/aromatic N) is 4. The van der Waals surface area contributed by atoms with Crippen molar-refractivity contribution in [3.05, 3.63) is 36.2 Å². The molecule has 2 aliphatic heterocycles. The molecule has 6 heteroatoms. The van der Waals surface area contributed by atoms with Crippen LogP contribution in [0.5, 0.6) is 0 Å². The third kappa shape index (κ3) is 3.68. The lowest BCUT2D eigenvalue weighted by molar-refractivity contribution is -0.127. The predicted octanol–water partition coefficient (Wildman–Crippen LogP) is 1.73. The molecule has 1 aromatic heterocycles. The Bertz CT molecular complexity index is 579. The lowest BCUT2D eigenvalue weighted by atomic mass is 10.2. The first kappa shape index (κ1) is 15.1. The number of amides is 1. The molecule has 1 amide bonds. The number of hydrogen-bond donors (Lipinski definition) is 0. The molecule has 116 valence electrons. The normalized spacial score (nSPS) is 22.2. The van der Waals surface area contributed by atoms with Gasteiger partial charge in [-0.25, -0.2) is 0 Å². The summed E-state index contributed by atoms with van der Waals surface area (Å²) in [4.78, 5) is 25.0. The maximum atomic E-state index is 12.2. The van der Waals surface area contributed by atoms with Gasteiger partial charge in [-0.2, -0.15) is 0 Å². The van der Waals surface area contributed by atoms with Crippen LogP contribution in [-0.2, 0) is 4.79 Å². The predicted molar refractivity (Wildman–Crippen MR) is 90.8 cm³/mol. The van der Waals surface area contributed by atoms with Gasteiger partial charge in [-0.3, -0.25) is 14.8 Å². The third-order valence-corrected chi connectivity index (χ3v) is 4.90. The Morgan fingerprint density at radius 1 is 1.36 bits per heavy atom. The van der Waals surface area contributed by atoms with Gasteiger partial charge in [0.05, 0.1) is 6.54 Å². The fourth-order valence-electron chi connectivity index (χ4n) is 2.50. The van der Waals surface area contributed by atoms with Gasteiger partial charge in [0.1, 0.15) is 0 Å². The maximum absolute atomic E-state index is 12.2. The Kier molecular flexibility index (Phi) is 4.77. The van der Waals surface area contributed by atoms with Gasteiger partial charge >= 0.3 is 0 Å². The number of pyridine rings is 1. The van der Waals surface area contributed by atoms with Gasteiger partial charge in [-0.15, -0.1) is 0 Å². The summed E-state index contributed by atoms with van der Waals surface area (Å²) in [5.41, 5.74) is 0.945. The monoisotopic (exact) mass is 316 g/mol. The molecule has 1 unspecified atom stereocenters. The van der Waals surface area contributed by atoms with Crippen LogP contribution in [0.15, 0.2) is 35.6 Å². The summed E-state index contributed by atoms with van der Waals surface area (Å²) in [5.74, 6) is 0.0675. The number of carbonyl (C=O) groups is 1. The molecule has 1 atom stereocenters. The summed E-state index contributed by atoms with van der Waals surface area (Å²) >= 11 is 1.84. The second-order valence-corrected chi connectivity index (χ2v) is 6.89. The molecule has 22 heavy (non-hydrogen) atoms. The second-order valence-electron chi connectivity index (χ2n) is 5.48. The number of aliphatic imine (C=N–C) groups is 1. The summed E-state index contributed by atoms with van der Waals surface area (Å²) < 4.78 is 0. The van der Waals surface area contributed by atoms with Crippen molar-refractivity contribution in [1.29, 1.82) is 0 Å². The van der Waals surface area contributed by atoms with Gasteiger partial charge in [0, 0.05) is 49.9 Å². The summed E-state index contributed by atoms with van der Waals surface area (Å²) in [6.45, 7) is 6.35. The number of aromatic nitrogens is 1. The van der Waals surface area contributed by atoms with E-state index in [1.165, 1.54) is 0 Å². The molecule has 0 saturated carbocycles. The largest absolute Gasteiger partial charge is 0.348 e. The number of rotatable bonds is 2. The van der Waals surface area contributed by atoms with Gasteiger partial charge in [0.25, 0.3) is 0 Å². The van der Waals surface area contributed by atoms with E-state index in [0.717, 1.165) is 43.5 Å². The molecule has 3 heterocycles. The lowest BCUT2D eigenvalue weighted by Crippen LogP contribution is -2.49. The highest BCUT2D eigenvalue weighted by atomic mass is 32.2. The molecular formula is C16H20N4OS. The van der Waals surface area contributed by atoms with Crippen LogP contribution in [0.2, 0.25) is 0 Å². The highest BCUT2D eigenvalue weighted by Crippen LogP contribution is 2.23. The Morgan fingerprint density at radius 2 is 2.18 bits per heavy atom. The topological polar surface area (TPSA) is 48.8 Å². The average Bonchev–Trinajstić information content (AvgIpc) is 3.00. The number of piperazine rings is 1. The first-order valence-corrected chi connectivity index (χ1v) is 8.43. The molecule has 5 nitrogen and oxygen atoms in total. The van der Waals surface area contributed by atoms with Crippen molar-refractivity contribution in [2.45, 2.75) is 12.2 Å². The summed E-state index contributed by atoms with van der Waals surface area (Å²) in [6.07, 6.45) is 6.93. The first-order chi connectivity index (χ1) is 10.7. The molecule has 1 aromatic rings. The molecule has 2 aliphatic rings. The fraction of sp³-hybridized carbons (Fsp3) is 0.438.